The Morgan fingerprint density at radius 1 is 1.10 bits per heavy atom. The maximum absolute atomic E-state index is 12.1. The number of nitrogens with zero attached hydrogens (tertiary/aromatic N) is 3. The van der Waals surface area contributed by atoms with E-state index in [0.29, 0.717) is 29.2 Å². The zero-order chi connectivity index (χ0) is 20.6. The van der Waals surface area contributed by atoms with Gasteiger partial charge in [0, 0.05) is 29.9 Å². The van der Waals surface area contributed by atoms with E-state index in [1.54, 1.807) is 26.4 Å². The quantitative estimate of drug-likeness (QED) is 0.412. The van der Waals surface area contributed by atoms with Gasteiger partial charge in [0.25, 0.3) is 0 Å². The molecule has 3 rings (SSSR count). The predicted octanol–water partition coefficient (Wildman–Crippen LogP) is 3.45. The number of amides is 1. The van der Waals surface area contributed by atoms with Gasteiger partial charge >= 0.3 is 0 Å². The molecule has 0 saturated heterocycles. The van der Waals surface area contributed by atoms with Crippen LogP contribution in [0.4, 0.5) is 0 Å². The number of halogens is 1. The third-order valence-electron chi connectivity index (χ3n) is 4.03. The summed E-state index contributed by atoms with van der Waals surface area (Å²) in [4.78, 5) is 12.1. The van der Waals surface area contributed by atoms with Crippen molar-refractivity contribution in [1.82, 2.24) is 20.1 Å². The highest BCUT2D eigenvalue weighted by Crippen LogP contribution is 2.29. The number of carbonyl (C=O) groups is 1. The van der Waals surface area contributed by atoms with E-state index in [0.717, 1.165) is 17.0 Å². The maximum atomic E-state index is 12.1. The van der Waals surface area contributed by atoms with E-state index < -0.39 is 0 Å². The molecular weight excluding hydrogens is 412 g/mol. The Labute approximate surface area is 178 Å². The van der Waals surface area contributed by atoms with Crippen molar-refractivity contribution >= 4 is 29.3 Å². The molecule has 0 radical (unpaired) electrons. The summed E-state index contributed by atoms with van der Waals surface area (Å²) in [6, 6.07) is 15.0. The maximum Gasteiger partial charge on any atom is 0.230 e. The molecule has 3 aromatic rings. The van der Waals surface area contributed by atoms with Crippen molar-refractivity contribution in [3.05, 3.63) is 53.6 Å². The first-order chi connectivity index (χ1) is 14.1. The third-order valence-corrected chi connectivity index (χ3v) is 5.21. The summed E-state index contributed by atoms with van der Waals surface area (Å²) in [6.07, 6.45) is 0. The Balaban J connectivity index is 1.89. The standard InChI is InChI=1S/C20H21ClN4O3S/c1-27-12-11-22-18(26)13-29-20-24-23-19(14-3-5-15(21)6-4-14)25(20)16-7-9-17(28-2)10-8-16/h3-10H,11-13H2,1-2H3,(H,22,26). The first kappa shape index (κ1) is 21.2. The molecule has 0 aliphatic carbocycles. The summed E-state index contributed by atoms with van der Waals surface area (Å²) in [5.74, 6) is 1.54. The lowest BCUT2D eigenvalue weighted by Gasteiger charge is -2.11. The summed E-state index contributed by atoms with van der Waals surface area (Å²) in [6.45, 7) is 0.941. The number of carbonyl (C=O) groups excluding carboxylic acids is 1. The lowest BCUT2D eigenvalue weighted by atomic mass is 10.2. The SMILES string of the molecule is COCCNC(=O)CSc1nnc(-c2ccc(Cl)cc2)n1-c1ccc(OC)cc1. The van der Waals surface area contributed by atoms with Gasteiger partial charge in [0.15, 0.2) is 11.0 Å². The fourth-order valence-electron chi connectivity index (χ4n) is 2.59. The minimum Gasteiger partial charge on any atom is -0.497 e. The molecule has 1 heterocycles. The number of hydrogen-bond donors (Lipinski definition) is 1. The molecule has 1 N–H and O–H groups in total. The average molecular weight is 433 g/mol. The van der Waals surface area contributed by atoms with Crippen LogP contribution in [0.2, 0.25) is 5.02 Å². The fourth-order valence-corrected chi connectivity index (χ4v) is 3.49. The fraction of sp³-hybridized carbons (Fsp3) is 0.250. The monoisotopic (exact) mass is 432 g/mol. The zero-order valence-electron chi connectivity index (χ0n) is 16.1. The van der Waals surface area contributed by atoms with Gasteiger partial charge in [0.1, 0.15) is 5.75 Å². The molecule has 0 atom stereocenters. The molecule has 0 fully saturated rings. The Morgan fingerprint density at radius 3 is 2.48 bits per heavy atom. The molecule has 0 aliphatic rings. The Hall–Kier alpha value is -2.55. The van der Waals surface area contributed by atoms with E-state index in [-0.39, 0.29) is 11.7 Å². The van der Waals surface area contributed by atoms with Crippen molar-refractivity contribution in [3.8, 4) is 22.8 Å². The molecule has 0 bridgehead atoms. The molecule has 1 aromatic heterocycles. The number of rotatable bonds is 9. The van der Waals surface area contributed by atoms with Crippen LogP contribution < -0.4 is 10.1 Å². The van der Waals surface area contributed by atoms with E-state index in [1.807, 2.05) is 41.0 Å². The van der Waals surface area contributed by atoms with E-state index in [9.17, 15) is 4.79 Å². The summed E-state index contributed by atoms with van der Waals surface area (Å²) in [7, 11) is 3.22. The molecule has 0 saturated carbocycles. The van der Waals surface area contributed by atoms with Crippen molar-refractivity contribution in [2.75, 3.05) is 33.1 Å². The van der Waals surface area contributed by atoms with Gasteiger partial charge in [-0.1, -0.05) is 23.4 Å². The summed E-state index contributed by atoms with van der Waals surface area (Å²) < 4.78 is 12.1. The van der Waals surface area contributed by atoms with Gasteiger partial charge in [0.05, 0.1) is 19.5 Å². The van der Waals surface area contributed by atoms with Gasteiger partial charge in [-0.2, -0.15) is 0 Å². The third kappa shape index (κ3) is 5.50. The first-order valence-corrected chi connectivity index (χ1v) is 10.2. The molecule has 29 heavy (non-hydrogen) atoms. The highest BCUT2D eigenvalue weighted by molar-refractivity contribution is 7.99. The van der Waals surface area contributed by atoms with E-state index >= 15 is 0 Å². The van der Waals surface area contributed by atoms with Gasteiger partial charge in [-0.3, -0.25) is 9.36 Å². The number of benzene rings is 2. The van der Waals surface area contributed by atoms with Gasteiger partial charge in [-0.25, -0.2) is 0 Å². The van der Waals surface area contributed by atoms with Crippen LogP contribution in [0.1, 0.15) is 0 Å². The van der Waals surface area contributed by atoms with Crippen LogP contribution in [0.5, 0.6) is 5.75 Å². The number of nitrogens with one attached hydrogen (secondary N) is 1. The van der Waals surface area contributed by atoms with Crippen LogP contribution in [0, 0.1) is 0 Å². The molecule has 9 heteroatoms. The van der Waals surface area contributed by atoms with Crippen molar-refractivity contribution in [2.45, 2.75) is 5.16 Å². The number of thioether (sulfide) groups is 1. The average Bonchev–Trinajstić information content (AvgIpc) is 3.17. The second-order valence-electron chi connectivity index (χ2n) is 5.98. The van der Waals surface area contributed by atoms with E-state index in [2.05, 4.69) is 15.5 Å². The van der Waals surface area contributed by atoms with Crippen LogP contribution in [-0.4, -0.2) is 53.8 Å². The van der Waals surface area contributed by atoms with Crippen LogP contribution >= 0.6 is 23.4 Å². The number of methoxy groups -OCH3 is 2. The number of hydrogen-bond acceptors (Lipinski definition) is 6. The van der Waals surface area contributed by atoms with Crippen LogP contribution in [0.15, 0.2) is 53.7 Å². The van der Waals surface area contributed by atoms with Crippen LogP contribution in [0.3, 0.4) is 0 Å². The zero-order valence-corrected chi connectivity index (χ0v) is 17.7. The highest BCUT2D eigenvalue weighted by atomic mass is 35.5. The largest absolute Gasteiger partial charge is 0.497 e. The molecule has 0 unspecified atom stereocenters. The van der Waals surface area contributed by atoms with Gasteiger partial charge in [-0.15, -0.1) is 10.2 Å². The first-order valence-electron chi connectivity index (χ1n) is 8.86. The number of aromatic nitrogens is 3. The Kier molecular flexibility index (Phi) is 7.51. The smallest absolute Gasteiger partial charge is 0.230 e. The summed E-state index contributed by atoms with van der Waals surface area (Å²) in [5, 5.41) is 12.7. The van der Waals surface area contributed by atoms with Crippen molar-refractivity contribution in [1.29, 1.82) is 0 Å². The lowest BCUT2D eigenvalue weighted by molar-refractivity contribution is -0.118. The predicted molar refractivity (Wildman–Crippen MR) is 114 cm³/mol. The normalized spacial score (nSPS) is 10.7. The number of ether oxygens (including phenoxy) is 2. The van der Waals surface area contributed by atoms with Crippen LogP contribution in [-0.2, 0) is 9.53 Å². The molecule has 7 nitrogen and oxygen atoms in total. The lowest BCUT2D eigenvalue weighted by Crippen LogP contribution is -2.28. The second kappa shape index (κ2) is 10.3. The Bertz CT molecular complexity index is 945. The molecule has 0 aliphatic heterocycles. The molecule has 0 spiro atoms. The minimum atomic E-state index is -0.0932. The van der Waals surface area contributed by atoms with Crippen molar-refractivity contribution in [2.24, 2.45) is 0 Å². The summed E-state index contributed by atoms with van der Waals surface area (Å²) in [5.41, 5.74) is 1.73. The van der Waals surface area contributed by atoms with Crippen molar-refractivity contribution < 1.29 is 14.3 Å². The van der Waals surface area contributed by atoms with Crippen molar-refractivity contribution in [3.63, 3.8) is 0 Å². The molecule has 152 valence electrons. The highest BCUT2D eigenvalue weighted by Gasteiger charge is 2.17. The van der Waals surface area contributed by atoms with E-state index in [4.69, 9.17) is 21.1 Å². The topological polar surface area (TPSA) is 78.3 Å². The molecule has 2 aromatic carbocycles. The van der Waals surface area contributed by atoms with E-state index in [1.165, 1.54) is 11.8 Å². The van der Waals surface area contributed by atoms with Gasteiger partial charge in [0.2, 0.25) is 5.91 Å². The minimum absolute atomic E-state index is 0.0932. The Morgan fingerprint density at radius 2 is 1.83 bits per heavy atom. The second-order valence-corrected chi connectivity index (χ2v) is 7.36. The summed E-state index contributed by atoms with van der Waals surface area (Å²) >= 11 is 7.33. The molecule has 1 amide bonds. The van der Waals surface area contributed by atoms with Gasteiger partial charge in [-0.05, 0) is 48.5 Å². The van der Waals surface area contributed by atoms with Crippen LogP contribution in [0.25, 0.3) is 17.1 Å². The van der Waals surface area contributed by atoms with Gasteiger partial charge < -0.3 is 14.8 Å². The molecular formula is C20H21ClN4O3S.